The lowest BCUT2D eigenvalue weighted by atomic mass is 10.6. The summed E-state index contributed by atoms with van der Waals surface area (Å²) >= 11 is 0. The van der Waals surface area contributed by atoms with E-state index in [0.717, 1.165) is 0 Å². The molecule has 0 radical (unpaired) electrons. The van der Waals surface area contributed by atoms with Crippen molar-refractivity contribution in [3.8, 4) is 0 Å². The van der Waals surface area contributed by atoms with Gasteiger partial charge in [-0.1, -0.05) is 0 Å². The Morgan fingerprint density at radius 2 is 0.882 bits per heavy atom. The highest BCUT2D eigenvalue weighted by Crippen LogP contribution is 2.42. The molecule has 0 saturated carbocycles. The molecule has 13 heteroatoms. The molecule has 0 saturated heterocycles. The zero-order valence-corrected chi connectivity index (χ0v) is 7.01. The van der Waals surface area contributed by atoms with Gasteiger partial charge in [-0.2, -0.15) is 48.3 Å². The Kier molecular flexibility index (Phi) is 3.91. The van der Waals surface area contributed by atoms with Gasteiger partial charge in [0, 0.05) is 5.06 Å². The number of alkyl halides is 11. The molecule has 0 heterocycles. The highest BCUT2D eigenvalue weighted by molar-refractivity contribution is 4.65. The van der Waals surface area contributed by atoms with Gasteiger partial charge in [0.05, 0.1) is 0 Å². The first-order valence-corrected chi connectivity index (χ1v) is 3.16. The van der Waals surface area contributed by atoms with Gasteiger partial charge in [-0.05, 0) is 0 Å². The van der Waals surface area contributed by atoms with Crippen molar-refractivity contribution in [2.45, 2.75) is 24.9 Å². The average molecular weight is 287 g/mol. The molecule has 0 aliphatic rings. The number of halogens is 11. The third kappa shape index (κ3) is 4.14. The van der Waals surface area contributed by atoms with Crippen molar-refractivity contribution in [1.29, 1.82) is 0 Å². The summed E-state index contributed by atoms with van der Waals surface area (Å²) in [5, 5.41) is -3.34. The molecule has 0 unspecified atom stereocenters. The van der Waals surface area contributed by atoms with E-state index in [1.807, 2.05) is 0 Å². The van der Waals surface area contributed by atoms with Crippen molar-refractivity contribution >= 4 is 0 Å². The molecule has 0 aromatic heterocycles. The average Bonchev–Trinajstić information content (AvgIpc) is 1.93. The maximum Gasteiger partial charge on any atom is 0.490 e. The monoisotopic (exact) mass is 287 g/mol. The van der Waals surface area contributed by atoms with Crippen LogP contribution >= 0.6 is 0 Å². The van der Waals surface area contributed by atoms with E-state index < -0.39 is 29.9 Å². The molecule has 0 aromatic rings. The van der Waals surface area contributed by atoms with Gasteiger partial charge in [-0.3, -0.25) is 0 Å². The third-order valence-corrected chi connectivity index (χ3v) is 0.997. The van der Waals surface area contributed by atoms with E-state index in [-0.39, 0.29) is 0 Å². The summed E-state index contributed by atoms with van der Waals surface area (Å²) in [5.41, 5.74) is 0. The van der Waals surface area contributed by atoms with Gasteiger partial charge in [-0.25, -0.2) is 4.84 Å². The molecule has 0 spiro atoms. The minimum Gasteiger partial charge on any atom is -0.206 e. The van der Waals surface area contributed by atoms with Crippen LogP contribution in [0, 0.1) is 0 Å². The van der Waals surface area contributed by atoms with Crippen molar-refractivity contribution < 1.29 is 53.1 Å². The molecule has 0 amide bonds. The lowest BCUT2D eigenvalue weighted by molar-refractivity contribution is -0.559. The molecule has 104 valence electrons. The van der Waals surface area contributed by atoms with E-state index in [2.05, 4.69) is 0 Å². The fraction of sp³-hybridized carbons (Fsp3) is 1.00. The normalized spacial score (nSPS) is 15.5. The van der Waals surface area contributed by atoms with Crippen LogP contribution in [0.3, 0.4) is 0 Å². The van der Waals surface area contributed by atoms with Crippen LogP contribution in [0.2, 0.25) is 0 Å². The smallest absolute Gasteiger partial charge is 0.206 e. The van der Waals surface area contributed by atoms with Gasteiger partial charge < -0.3 is 0 Å². The van der Waals surface area contributed by atoms with Crippen LogP contribution < -0.4 is 0 Å². The summed E-state index contributed by atoms with van der Waals surface area (Å²) < 4.78 is 127. The fourth-order valence-corrected chi connectivity index (χ4v) is 0.414. The first-order valence-electron chi connectivity index (χ1n) is 3.16. The minimum atomic E-state index is -6.73. The standard InChI is InChI=1S/C4F11NO/c5-1(6,7)2(8,9)17-16(3(10,11)12)4(13,14)15. The Morgan fingerprint density at radius 3 is 1.06 bits per heavy atom. The maximum atomic E-state index is 11.9. The lowest BCUT2D eigenvalue weighted by Crippen LogP contribution is -2.54. The van der Waals surface area contributed by atoms with Gasteiger partial charge in [0.15, 0.2) is 0 Å². The molecule has 2 nitrogen and oxygen atoms in total. The van der Waals surface area contributed by atoms with Crippen LogP contribution in [-0.4, -0.2) is 29.9 Å². The van der Waals surface area contributed by atoms with Gasteiger partial charge in [-0.15, -0.1) is 0 Å². The molecular formula is C4F11NO. The molecular weight excluding hydrogens is 287 g/mol. The Bertz CT molecular complexity index is 246. The van der Waals surface area contributed by atoms with E-state index in [9.17, 15) is 48.3 Å². The number of rotatable bonds is 2. The van der Waals surface area contributed by atoms with Gasteiger partial charge in [0.2, 0.25) is 0 Å². The molecule has 0 fully saturated rings. The second kappa shape index (κ2) is 4.12. The first kappa shape index (κ1) is 16.1. The summed E-state index contributed by atoms with van der Waals surface area (Å²) in [7, 11) is 0. The van der Waals surface area contributed by atoms with Gasteiger partial charge in [0.25, 0.3) is 0 Å². The number of hydrogen-bond acceptors (Lipinski definition) is 2. The van der Waals surface area contributed by atoms with Crippen LogP contribution in [0.4, 0.5) is 48.3 Å². The van der Waals surface area contributed by atoms with Crippen LogP contribution in [0.1, 0.15) is 0 Å². The molecule has 17 heavy (non-hydrogen) atoms. The summed E-state index contributed by atoms with van der Waals surface area (Å²) in [5.74, 6) is 0. The lowest BCUT2D eigenvalue weighted by Gasteiger charge is -2.29. The fourth-order valence-electron chi connectivity index (χ4n) is 0.414. The molecule has 0 bridgehead atoms. The largest absolute Gasteiger partial charge is 0.490 e. The zero-order valence-electron chi connectivity index (χ0n) is 7.01. The van der Waals surface area contributed by atoms with Crippen molar-refractivity contribution in [3.05, 3.63) is 0 Å². The Hall–Kier alpha value is -0.850. The highest BCUT2D eigenvalue weighted by Gasteiger charge is 2.67. The molecule has 0 atom stereocenters. The van der Waals surface area contributed by atoms with E-state index in [0.29, 0.717) is 0 Å². The quantitative estimate of drug-likeness (QED) is 0.438. The van der Waals surface area contributed by atoms with Crippen molar-refractivity contribution in [2.75, 3.05) is 0 Å². The second-order valence-electron chi connectivity index (χ2n) is 2.34. The van der Waals surface area contributed by atoms with E-state index in [4.69, 9.17) is 0 Å². The van der Waals surface area contributed by atoms with Crippen LogP contribution in [0.25, 0.3) is 0 Å². The Labute approximate surface area is 84.5 Å². The van der Waals surface area contributed by atoms with Crippen molar-refractivity contribution in [1.82, 2.24) is 5.06 Å². The highest BCUT2D eigenvalue weighted by atomic mass is 19.4. The van der Waals surface area contributed by atoms with Crippen molar-refractivity contribution in [2.24, 2.45) is 0 Å². The molecule has 0 aromatic carbocycles. The van der Waals surface area contributed by atoms with Gasteiger partial charge in [0.1, 0.15) is 0 Å². The number of hydroxylamine groups is 2. The summed E-state index contributed by atoms with van der Waals surface area (Å²) in [6.45, 7) is 0. The topological polar surface area (TPSA) is 12.5 Å². The predicted molar refractivity (Wildman–Crippen MR) is 26.0 cm³/mol. The third-order valence-electron chi connectivity index (χ3n) is 0.997. The summed E-state index contributed by atoms with van der Waals surface area (Å²) in [4.78, 5) is 1.66. The number of hydrogen-bond donors (Lipinski definition) is 0. The van der Waals surface area contributed by atoms with E-state index in [1.54, 1.807) is 4.84 Å². The van der Waals surface area contributed by atoms with Crippen LogP contribution in [0.5, 0.6) is 0 Å². The van der Waals surface area contributed by atoms with E-state index in [1.165, 1.54) is 0 Å². The summed E-state index contributed by atoms with van der Waals surface area (Å²) in [6, 6.07) is 0. The summed E-state index contributed by atoms with van der Waals surface area (Å²) in [6.07, 6.45) is -26.6. The minimum absolute atomic E-state index is 1.66. The Balaban J connectivity index is 5.17. The van der Waals surface area contributed by atoms with E-state index >= 15 is 0 Å². The van der Waals surface area contributed by atoms with Crippen molar-refractivity contribution in [3.63, 3.8) is 0 Å². The van der Waals surface area contributed by atoms with Crippen LogP contribution in [-0.2, 0) is 4.84 Å². The molecule has 0 aliphatic heterocycles. The van der Waals surface area contributed by atoms with Crippen LogP contribution in [0.15, 0.2) is 0 Å². The Morgan fingerprint density at radius 1 is 0.588 bits per heavy atom. The number of nitrogens with zero attached hydrogens (tertiary/aromatic N) is 1. The van der Waals surface area contributed by atoms with Gasteiger partial charge >= 0.3 is 24.9 Å². The maximum absolute atomic E-state index is 11.9. The SMILES string of the molecule is FC(F)(F)N(OC(F)(F)C(F)(F)F)C(F)(F)F. The first-order chi connectivity index (χ1) is 7.09. The second-order valence-corrected chi connectivity index (χ2v) is 2.34. The molecule has 0 aliphatic carbocycles. The molecule has 0 rings (SSSR count). The zero-order chi connectivity index (χ0) is 14.3. The predicted octanol–water partition coefficient (Wildman–Crippen LogP) is 3.41. The molecule has 0 N–H and O–H groups in total.